The lowest BCUT2D eigenvalue weighted by Crippen LogP contribution is -2.57. The van der Waals surface area contributed by atoms with Crippen LogP contribution in [0.1, 0.15) is 63.1 Å². The summed E-state index contributed by atoms with van der Waals surface area (Å²) in [6.07, 6.45) is 6.71. The van der Waals surface area contributed by atoms with Crippen LogP contribution in [0, 0.1) is 11.8 Å². The van der Waals surface area contributed by atoms with Crippen LogP contribution in [0.3, 0.4) is 0 Å². The second-order valence-corrected chi connectivity index (χ2v) is 14.0. The van der Waals surface area contributed by atoms with E-state index in [0.717, 1.165) is 37.7 Å². The molecule has 2 aliphatic rings. The van der Waals surface area contributed by atoms with Crippen LogP contribution in [-0.4, -0.2) is 133 Å². The number of aromatic nitrogens is 2. The number of nitrogens with one attached hydrogen (secondary N) is 3. The smallest absolute Gasteiger partial charge is 0.410 e. The van der Waals surface area contributed by atoms with Crippen LogP contribution < -0.4 is 10.6 Å². The van der Waals surface area contributed by atoms with Crippen LogP contribution in [0.25, 0.3) is 0 Å². The zero-order chi connectivity index (χ0) is 38.0. The third kappa shape index (κ3) is 13.7. The molecule has 2 heterocycles. The Morgan fingerprint density at radius 1 is 1.06 bits per heavy atom. The van der Waals surface area contributed by atoms with Gasteiger partial charge in [0.2, 0.25) is 17.7 Å². The number of amides is 4. The van der Waals surface area contributed by atoms with Gasteiger partial charge >= 0.3 is 6.09 Å². The summed E-state index contributed by atoms with van der Waals surface area (Å²) in [4.78, 5) is 64.3. The molecule has 1 aliphatic heterocycles. The molecule has 1 aromatic carbocycles. The first-order chi connectivity index (χ1) is 25.7. The summed E-state index contributed by atoms with van der Waals surface area (Å²) >= 11 is 0. The highest BCUT2D eigenvalue weighted by atomic mass is 16.7. The molecule has 15 nitrogen and oxygen atoms in total. The monoisotopic (exact) mass is 742 g/mol. The SMILES string of the molecule is CCN1C[C@@H](C(O)[C@H](CC2CCCCC2)NC(=O)[C@@H](Cc2cnc[nH]2)NC(=O)[C@@H](CC(=O)N(C)CCOCOCCOC)Cc2ccccc2)OC1=O. The Bertz CT molecular complexity index is 1390. The number of hydrogen-bond acceptors (Lipinski definition) is 10. The number of aliphatic hydroxyl groups excluding tert-OH is 1. The number of carbonyl (C=O) groups is 4. The van der Waals surface area contributed by atoms with Crippen molar-refractivity contribution in [1.82, 2.24) is 30.4 Å². The summed E-state index contributed by atoms with van der Waals surface area (Å²) in [5.41, 5.74) is 1.50. The maximum atomic E-state index is 14.2. The second-order valence-electron chi connectivity index (χ2n) is 14.0. The molecule has 53 heavy (non-hydrogen) atoms. The van der Waals surface area contributed by atoms with Crippen molar-refractivity contribution in [2.75, 3.05) is 60.4 Å². The molecule has 294 valence electrons. The zero-order valence-electron chi connectivity index (χ0n) is 31.4. The second kappa shape index (κ2) is 22.2. The molecule has 1 aliphatic carbocycles. The summed E-state index contributed by atoms with van der Waals surface area (Å²) in [6, 6.07) is 7.65. The number of likely N-dealkylation sites (N-methyl/N-ethyl adjacent to an activating group) is 2. The van der Waals surface area contributed by atoms with E-state index in [1.807, 2.05) is 37.3 Å². The Balaban J connectivity index is 1.48. The molecule has 4 N–H and O–H groups in total. The number of ether oxygens (including phenoxy) is 4. The third-order valence-corrected chi connectivity index (χ3v) is 10.0. The molecule has 1 aromatic heterocycles. The van der Waals surface area contributed by atoms with Gasteiger partial charge in [0.05, 0.1) is 44.7 Å². The Labute approximate surface area is 312 Å². The summed E-state index contributed by atoms with van der Waals surface area (Å²) in [6.45, 7) is 3.99. The minimum absolute atomic E-state index is 0.0751. The first kappa shape index (κ1) is 41.7. The van der Waals surface area contributed by atoms with E-state index in [4.69, 9.17) is 18.9 Å². The van der Waals surface area contributed by atoms with Crippen molar-refractivity contribution >= 4 is 23.8 Å². The predicted molar refractivity (Wildman–Crippen MR) is 195 cm³/mol. The largest absolute Gasteiger partial charge is 0.441 e. The molecule has 2 aromatic rings. The van der Waals surface area contributed by atoms with Gasteiger partial charge in [-0.2, -0.15) is 0 Å². The summed E-state index contributed by atoms with van der Waals surface area (Å²) in [5, 5.41) is 17.6. The normalized spacial score (nSPS) is 18.5. The lowest BCUT2D eigenvalue weighted by Gasteiger charge is -2.33. The molecular weight excluding hydrogens is 684 g/mol. The van der Waals surface area contributed by atoms with Crippen LogP contribution in [0.15, 0.2) is 42.9 Å². The van der Waals surface area contributed by atoms with Gasteiger partial charge in [-0.1, -0.05) is 62.4 Å². The number of rotatable bonds is 23. The van der Waals surface area contributed by atoms with Crippen molar-refractivity contribution < 1.29 is 43.2 Å². The van der Waals surface area contributed by atoms with Crippen LogP contribution in [0.4, 0.5) is 4.79 Å². The predicted octanol–water partition coefficient (Wildman–Crippen LogP) is 2.44. The fourth-order valence-corrected chi connectivity index (χ4v) is 6.86. The van der Waals surface area contributed by atoms with Crippen LogP contribution >= 0.6 is 0 Å². The molecule has 0 spiro atoms. The Morgan fingerprint density at radius 3 is 2.49 bits per heavy atom. The molecule has 4 rings (SSSR count). The standard InChI is InChI=1S/C38H58N6O9/c1-4-44-24-33(53-38(44)49)35(46)31(20-28-13-9-6-10-14-28)41-37(48)32(22-30-23-39-25-40-30)42-36(47)29(19-27-11-7-5-8-12-27)21-34(45)43(2)15-16-51-26-52-18-17-50-3/h5,7-8,11-12,23,25,28-29,31-33,35,46H,4,6,9-10,13-22,24,26H2,1-3H3,(H,39,40)(H,41,48)(H,42,47)/t29-,31+,32-,33+,35?/m1/s1. The lowest BCUT2D eigenvalue weighted by atomic mass is 9.83. The summed E-state index contributed by atoms with van der Waals surface area (Å²) in [5.74, 6) is -1.69. The zero-order valence-corrected chi connectivity index (χ0v) is 31.4. The van der Waals surface area contributed by atoms with Gasteiger partial charge in [0.15, 0.2) is 0 Å². The van der Waals surface area contributed by atoms with E-state index in [0.29, 0.717) is 38.4 Å². The van der Waals surface area contributed by atoms with Crippen molar-refractivity contribution in [2.45, 2.75) is 89.0 Å². The number of aromatic amines is 1. The number of H-pyrrole nitrogens is 1. The van der Waals surface area contributed by atoms with Crippen molar-refractivity contribution in [2.24, 2.45) is 11.8 Å². The number of hydrogen-bond donors (Lipinski definition) is 4. The van der Waals surface area contributed by atoms with Gasteiger partial charge in [0, 0.05) is 52.0 Å². The Morgan fingerprint density at radius 2 is 1.81 bits per heavy atom. The van der Waals surface area contributed by atoms with Crippen molar-refractivity contribution in [3.8, 4) is 0 Å². The van der Waals surface area contributed by atoms with Gasteiger partial charge in [-0.25, -0.2) is 9.78 Å². The number of aliphatic hydroxyl groups is 1. The molecule has 1 saturated heterocycles. The number of benzene rings is 1. The van der Waals surface area contributed by atoms with Gasteiger partial charge in [-0.05, 0) is 31.2 Å². The highest BCUT2D eigenvalue weighted by Gasteiger charge is 2.41. The maximum Gasteiger partial charge on any atom is 0.410 e. The minimum Gasteiger partial charge on any atom is -0.441 e. The number of nitrogens with zero attached hydrogens (tertiary/aromatic N) is 3. The summed E-state index contributed by atoms with van der Waals surface area (Å²) < 4.78 is 21.3. The molecule has 4 amide bonds. The first-order valence-corrected chi connectivity index (χ1v) is 18.8. The Hall–Kier alpha value is -4.05. The molecular formula is C38H58N6O9. The number of imidazole rings is 1. The van der Waals surface area contributed by atoms with E-state index in [-0.39, 0.29) is 51.0 Å². The summed E-state index contributed by atoms with van der Waals surface area (Å²) in [7, 11) is 3.24. The van der Waals surface area contributed by atoms with Crippen molar-refractivity contribution in [3.05, 3.63) is 54.1 Å². The van der Waals surface area contributed by atoms with E-state index in [1.54, 1.807) is 20.4 Å². The molecule has 15 heteroatoms. The van der Waals surface area contributed by atoms with Gasteiger partial charge < -0.3 is 49.5 Å². The fraction of sp³-hybridized carbons (Fsp3) is 0.658. The molecule has 1 saturated carbocycles. The minimum atomic E-state index is -1.15. The maximum absolute atomic E-state index is 14.2. The van der Waals surface area contributed by atoms with E-state index in [2.05, 4.69) is 20.6 Å². The average molecular weight is 743 g/mol. The van der Waals surface area contributed by atoms with Gasteiger partial charge in [0.1, 0.15) is 25.0 Å². The number of methoxy groups -OCH3 is 1. The molecule has 0 bridgehead atoms. The van der Waals surface area contributed by atoms with Crippen LogP contribution in [0.2, 0.25) is 0 Å². The van der Waals surface area contributed by atoms with Gasteiger partial charge in [-0.15, -0.1) is 0 Å². The molecule has 1 unspecified atom stereocenters. The van der Waals surface area contributed by atoms with Gasteiger partial charge in [0.25, 0.3) is 0 Å². The van der Waals surface area contributed by atoms with Crippen LogP contribution in [-0.2, 0) is 46.2 Å². The van der Waals surface area contributed by atoms with E-state index in [9.17, 15) is 24.3 Å². The number of cyclic esters (lactones) is 1. The number of carbonyl (C=O) groups excluding carboxylic acids is 4. The van der Waals surface area contributed by atoms with Crippen molar-refractivity contribution in [1.29, 1.82) is 0 Å². The molecule has 0 radical (unpaired) electrons. The Kier molecular flexibility index (Phi) is 17.5. The van der Waals surface area contributed by atoms with Crippen molar-refractivity contribution in [3.63, 3.8) is 0 Å². The molecule has 5 atom stereocenters. The van der Waals surface area contributed by atoms with Crippen LogP contribution in [0.5, 0.6) is 0 Å². The first-order valence-electron chi connectivity index (χ1n) is 18.8. The topological polar surface area (TPSA) is 185 Å². The fourth-order valence-electron chi connectivity index (χ4n) is 6.86. The highest BCUT2D eigenvalue weighted by Crippen LogP contribution is 2.29. The quantitative estimate of drug-likeness (QED) is 0.0975. The van der Waals surface area contributed by atoms with E-state index < -0.39 is 48.1 Å². The average Bonchev–Trinajstić information content (AvgIpc) is 3.83. The third-order valence-electron chi connectivity index (χ3n) is 10.0. The highest BCUT2D eigenvalue weighted by molar-refractivity contribution is 5.91. The van der Waals surface area contributed by atoms with Gasteiger partial charge in [-0.3, -0.25) is 14.4 Å². The molecule has 2 fully saturated rings. The van der Waals surface area contributed by atoms with E-state index >= 15 is 0 Å². The van der Waals surface area contributed by atoms with E-state index in [1.165, 1.54) is 16.1 Å². The lowest BCUT2D eigenvalue weighted by molar-refractivity contribution is -0.137.